The van der Waals surface area contributed by atoms with Crippen LogP contribution in [0.4, 0.5) is 10.2 Å². The maximum Gasteiger partial charge on any atom is 0.332 e. The highest BCUT2D eigenvalue weighted by Gasteiger charge is 2.64. The van der Waals surface area contributed by atoms with Crippen molar-refractivity contribution in [3.05, 3.63) is 93.7 Å². The maximum absolute atomic E-state index is 15.0. The number of carbonyl (C=O) groups excluding carboxylic acids is 4. The number of hydrogen-bond acceptors (Lipinski definition) is 13. The van der Waals surface area contributed by atoms with Crippen LogP contribution in [-0.4, -0.2) is 126 Å². The smallest absolute Gasteiger partial charge is 0.332 e. The topological polar surface area (TPSA) is 179 Å². The molecule has 2 aliphatic heterocycles. The predicted molar refractivity (Wildman–Crippen MR) is 266 cm³/mol. The number of rotatable bonds is 16. The van der Waals surface area contributed by atoms with E-state index >= 15 is 0 Å². The van der Waals surface area contributed by atoms with Gasteiger partial charge in [0, 0.05) is 73.7 Å². The van der Waals surface area contributed by atoms with Gasteiger partial charge in [-0.2, -0.15) is 5.26 Å². The zero-order chi connectivity index (χ0) is 50.7. The summed E-state index contributed by atoms with van der Waals surface area (Å²) in [4.78, 5) is 69.8. The first-order valence-corrected chi connectivity index (χ1v) is 25.0. The normalized spacial score (nSPS) is 21.7. The maximum atomic E-state index is 15.0. The molecule has 3 fully saturated rings. The van der Waals surface area contributed by atoms with Crippen LogP contribution in [0.3, 0.4) is 0 Å². The highest BCUT2D eigenvalue weighted by Crippen LogP contribution is 2.55. The van der Waals surface area contributed by atoms with Gasteiger partial charge in [0.15, 0.2) is 6.10 Å². The molecule has 2 N–H and O–H groups in total. The van der Waals surface area contributed by atoms with Gasteiger partial charge in [-0.3, -0.25) is 19.3 Å². The number of esters is 1. The van der Waals surface area contributed by atoms with Crippen molar-refractivity contribution in [1.82, 2.24) is 30.4 Å². The summed E-state index contributed by atoms with van der Waals surface area (Å²) < 4.78 is 32.8. The quantitative estimate of drug-likeness (QED) is 0.0833. The Morgan fingerprint density at radius 2 is 1.70 bits per heavy atom. The van der Waals surface area contributed by atoms with Gasteiger partial charge in [-0.05, 0) is 49.2 Å². The van der Waals surface area contributed by atoms with Crippen molar-refractivity contribution < 1.29 is 37.8 Å². The van der Waals surface area contributed by atoms with Crippen LogP contribution in [0.25, 0.3) is 10.4 Å². The van der Waals surface area contributed by atoms with E-state index in [1.807, 2.05) is 44.2 Å². The predicted octanol–water partition coefficient (Wildman–Crippen LogP) is 7.56. The number of nitriles is 1. The molecule has 4 heterocycles. The van der Waals surface area contributed by atoms with Crippen LogP contribution < -0.4 is 20.3 Å². The first-order valence-electron chi connectivity index (χ1n) is 23.7. The summed E-state index contributed by atoms with van der Waals surface area (Å²) >= 11 is 7.81. The number of nitrogens with one attached hydrogen (secondary N) is 2. The summed E-state index contributed by atoms with van der Waals surface area (Å²) in [6, 6.07) is 16.9. The van der Waals surface area contributed by atoms with Gasteiger partial charge in [0.25, 0.3) is 11.8 Å². The van der Waals surface area contributed by atoms with Crippen molar-refractivity contribution in [2.75, 3.05) is 57.4 Å². The van der Waals surface area contributed by atoms with E-state index < -0.39 is 58.4 Å². The van der Waals surface area contributed by atoms with Crippen LogP contribution in [0, 0.1) is 34.5 Å². The lowest BCUT2D eigenvalue weighted by molar-refractivity contribution is -0.172. The number of halogens is 2. The Kier molecular flexibility index (Phi) is 15.9. The van der Waals surface area contributed by atoms with E-state index in [0.29, 0.717) is 41.5 Å². The molecule has 2 aromatic carbocycles. The highest BCUT2D eigenvalue weighted by molar-refractivity contribution is 7.13. The fourth-order valence-corrected chi connectivity index (χ4v) is 11.2. The minimum atomic E-state index is -1.41. The number of benzene rings is 2. The second-order valence-electron chi connectivity index (χ2n) is 20.8. The van der Waals surface area contributed by atoms with Crippen molar-refractivity contribution in [3.8, 4) is 22.3 Å². The molecule has 2 aromatic heterocycles. The number of amides is 3. The van der Waals surface area contributed by atoms with Gasteiger partial charge in [-0.15, -0.1) is 11.3 Å². The average molecular weight is 1000 g/mol. The molecule has 18 heteroatoms. The summed E-state index contributed by atoms with van der Waals surface area (Å²) in [5.74, 6) is -0.725. The summed E-state index contributed by atoms with van der Waals surface area (Å²) in [6.07, 6.45) is -1.47. The molecule has 374 valence electrons. The summed E-state index contributed by atoms with van der Waals surface area (Å²) in [5, 5.41) is 15.7. The molecule has 4 atom stereocenters. The number of thiazole rings is 1. The number of alkyl halides is 1. The molecule has 2 saturated heterocycles. The van der Waals surface area contributed by atoms with Gasteiger partial charge in [-0.1, -0.05) is 84.3 Å². The molecule has 15 nitrogen and oxygen atoms in total. The molecular formula is C52H64ClFN8O7S. The SMILES string of the molecule is Cc1ncsc1-c1ccc([C@H](C)NC(=O)[C@@H]2C[C@@H](F)CN2C(=O)[C@@H](OC(=O)COCCN2CCN(c3ccc(C(=O)NC4C(C)(C)C(Oc5ccc(C#N)c(Cl)c5)C4(C)C)cn3)CC2)C(C)(C)C)cc1. The molecule has 7 rings (SSSR count). The number of anilines is 1. The lowest BCUT2D eigenvalue weighted by atomic mass is 9.49. The number of ether oxygens (including phenoxy) is 3. The molecule has 0 unspecified atom stereocenters. The van der Waals surface area contributed by atoms with E-state index in [4.69, 9.17) is 25.8 Å². The van der Waals surface area contributed by atoms with Crippen molar-refractivity contribution in [1.29, 1.82) is 5.26 Å². The van der Waals surface area contributed by atoms with E-state index in [1.54, 1.807) is 68.1 Å². The minimum absolute atomic E-state index is 0.158. The molecule has 70 heavy (non-hydrogen) atoms. The third kappa shape index (κ3) is 11.6. The Labute approximate surface area is 419 Å². The highest BCUT2D eigenvalue weighted by atomic mass is 35.5. The number of nitrogens with zero attached hydrogens (tertiary/aromatic N) is 6. The van der Waals surface area contributed by atoms with Crippen molar-refractivity contribution in [2.24, 2.45) is 16.2 Å². The molecule has 0 bridgehead atoms. The van der Waals surface area contributed by atoms with Crippen molar-refractivity contribution >= 4 is 52.4 Å². The molecule has 1 aliphatic carbocycles. The third-order valence-corrected chi connectivity index (χ3v) is 15.1. The van der Waals surface area contributed by atoms with Crippen LogP contribution in [-0.2, 0) is 23.9 Å². The van der Waals surface area contributed by atoms with Gasteiger partial charge in [0.2, 0.25) is 5.91 Å². The number of pyridine rings is 1. The number of hydrogen-bond donors (Lipinski definition) is 2. The van der Waals surface area contributed by atoms with Crippen LogP contribution >= 0.6 is 22.9 Å². The van der Waals surface area contributed by atoms with Crippen LogP contribution in [0.1, 0.15) is 95.0 Å². The summed E-state index contributed by atoms with van der Waals surface area (Å²) in [7, 11) is 0. The molecule has 3 amide bonds. The molecule has 1 saturated carbocycles. The zero-order valence-corrected chi connectivity index (χ0v) is 43.0. The molecular weight excluding hydrogens is 935 g/mol. The Morgan fingerprint density at radius 1 is 1.00 bits per heavy atom. The molecule has 0 radical (unpaired) electrons. The van der Waals surface area contributed by atoms with Gasteiger partial charge in [-0.25, -0.2) is 19.2 Å². The number of piperazine rings is 1. The Bertz CT molecular complexity index is 2560. The second-order valence-corrected chi connectivity index (χ2v) is 22.0. The Hall–Kier alpha value is -5.67. The van der Waals surface area contributed by atoms with E-state index in [-0.39, 0.29) is 44.2 Å². The van der Waals surface area contributed by atoms with Crippen molar-refractivity contribution in [2.45, 2.75) is 105 Å². The number of aromatic nitrogens is 2. The van der Waals surface area contributed by atoms with Gasteiger partial charge < -0.3 is 34.6 Å². The Morgan fingerprint density at radius 3 is 2.30 bits per heavy atom. The number of likely N-dealkylation sites (tertiary alicyclic amines) is 1. The standard InChI is InChI=1S/C52H64ClFN8O7S/c1-31(33-10-12-34(13-11-33)43-32(2)57-30-70-43)58-46(65)40-24-37(54)28-62(40)47(66)44(50(3,4)5)69-42(63)29-67-23-22-60-18-20-61(21-19-60)41-17-15-36(27-56-41)45(64)59-48-51(6,7)49(52(48,8)9)68-38-16-14-35(26-55)39(53)25-38/h10-17,25,27,30-31,37,40,44,48-49H,18-24,28-29H2,1-9H3,(H,58,65)(H,59,64)/t31-,37+,40-,44+,48?,49?/m0/s1. The van der Waals surface area contributed by atoms with Gasteiger partial charge in [0.1, 0.15) is 42.6 Å². The summed E-state index contributed by atoms with van der Waals surface area (Å²) in [5.41, 5.74) is 3.79. The Balaban J connectivity index is 0.831. The second kappa shape index (κ2) is 21.4. The van der Waals surface area contributed by atoms with Crippen molar-refractivity contribution in [3.63, 3.8) is 0 Å². The zero-order valence-electron chi connectivity index (χ0n) is 41.4. The van der Waals surface area contributed by atoms with Gasteiger partial charge >= 0.3 is 5.97 Å². The molecule has 4 aromatic rings. The van der Waals surface area contributed by atoms with E-state index in [0.717, 1.165) is 40.6 Å². The fraction of sp³-hybridized carbons (Fsp3) is 0.519. The van der Waals surface area contributed by atoms with E-state index in [2.05, 4.69) is 64.2 Å². The van der Waals surface area contributed by atoms with Crippen LogP contribution in [0.2, 0.25) is 5.02 Å². The van der Waals surface area contributed by atoms with E-state index in [1.165, 1.54) is 4.90 Å². The largest absolute Gasteiger partial charge is 0.489 e. The van der Waals surface area contributed by atoms with E-state index in [9.17, 15) is 28.8 Å². The van der Waals surface area contributed by atoms with Gasteiger partial charge in [0.05, 0.1) is 51.4 Å². The number of aryl methyl sites for hydroxylation is 1. The first-order chi connectivity index (χ1) is 33.1. The lowest BCUT2D eigenvalue weighted by Crippen LogP contribution is -2.74. The monoisotopic (exact) mass is 998 g/mol. The average Bonchev–Trinajstić information content (AvgIpc) is 3.95. The lowest BCUT2D eigenvalue weighted by Gasteiger charge is -2.63. The number of carbonyl (C=O) groups is 4. The fourth-order valence-electron chi connectivity index (χ4n) is 10.2. The first kappa shape index (κ1) is 52.2. The third-order valence-electron chi connectivity index (χ3n) is 13.8. The summed E-state index contributed by atoms with van der Waals surface area (Å²) in [6.45, 7) is 20.3. The minimum Gasteiger partial charge on any atom is -0.489 e. The van der Waals surface area contributed by atoms with Crippen LogP contribution in [0.15, 0.2) is 66.3 Å². The molecule has 3 aliphatic rings. The van der Waals surface area contributed by atoms with Crippen LogP contribution in [0.5, 0.6) is 5.75 Å². The molecule has 0 spiro atoms.